The van der Waals surface area contributed by atoms with Crippen LogP contribution in [-0.2, 0) is 16.0 Å². The summed E-state index contributed by atoms with van der Waals surface area (Å²) in [5.41, 5.74) is 2.58. The van der Waals surface area contributed by atoms with Crippen molar-refractivity contribution >= 4 is 17.7 Å². The molecule has 134 valence electrons. The highest BCUT2D eigenvalue weighted by Gasteiger charge is 2.10. The molecule has 2 aromatic carbocycles. The molecule has 0 fully saturated rings. The van der Waals surface area contributed by atoms with Crippen molar-refractivity contribution in [3.8, 4) is 11.8 Å². The van der Waals surface area contributed by atoms with Crippen LogP contribution in [0.25, 0.3) is 6.08 Å². The van der Waals surface area contributed by atoms with Gasteiger partial charge in [-0.2, -0.15) is 5.26 Å². The number of methoxy groups -OCH3 is 1. The fourth-order valence-corrected chi connectivity index (χ4v) is 2.27. The Bertz CT molecular complexity index is 805. The molecule has 0 unspecified atom stereocenters. The first-order valence-electron chi connectivity index (χ1n) is 8.40. The predicted molar refractivity (Wildman–Crippen MR) is 102 cm³/mol. The van der Waals surface area contributed by atoms with Gasteiger partial charge in [-0.05, 0) is 47.9 Å². The summed E-state index contributed by atoms with van der Waals surface area (Å²) in [5, 5.41) is 12.1. The van der Waals surface area contributed by atoms with E-state index in [1.54, 1.807) is 19.3 Å². The largest absolute Gasteiger partial charge is 0.491 e. The summed E-state index contributed by atoms with van der Waals surface area (Å²) in [6, 6.07) is 16.7. The van der Waals surface area contributed by atoms with Crippen LogP contribution in [0.4, 0.5) is 5.69 Å². The summed E-state index contributed by atoms with van der Waals surface area (Å²) in [6.45, 7) is 2.99. The van der Waals surface area contributed by atoms with Crippen molar-refractivity contribution < 1.29 is 14.3 Å². The number of anilines is 1. The number of carbonyl (C=O) groups is 1. The van der Waals surface area contributed by atoms with Crippen LogP contribution in [0.5, 0.6) is 5.75 Å². The molecule has 0 aromatic heterocycles. The van der Waals surface area contributed by atoms with Crippen molar-refractivity contribution in [1.29, 1.82) is 5.26 Å². The van der Waals surface area contributed by atoms with Gasteiger partial charge >= 0.3 is 0 Å². The first kappa shape index (κ1) is 19.2. The Kier molecular flexibility index (Phi) is 7.41. The van der Waals surface area contributed by atoms with Gasteiger partial charge in [-0.15, -0.1) is 0 Å². The van der Waals surface area contributed by atoms with Gasteiger partial charge in [-0.1, -0.05) is 31.2 Å². The first-order chi connectivity index (χ1) is 12.7. The Hall–Kier alpha value is -3.10. The van der Waals surface area contributed by atoms with Crippen LogP contribution < -0.4 is 10.1 Å². The highest BCUT2D eigenvalue weighted by atomic mass is 16.5. The third-order valence-corrected chi connectivity index (χ3v) is 3.71. The smallest absolute Gasteiger partial charge is 0.266 e. The maximum Gasteiger partial charge on any atom is 0.266 e. The van der Waals surface area contributed by atoms with Crippen LogP contribution in [0.15, 0.2) is 54.1 Å². The number of amides is 1. The number of nitriles is 1. The molecule has 26 heavy (non-hydrogen) atoms. The Morgan fingerprint density at radius 3 is 2.62 bits per heavy atom. The summed E-state index contributed by atoms with van der Waals surface area (Å²) in [5.74, 6) is 0.214. The third-order valence-electron chi connectivity index (χ3n) is 3.71. The monoisotopic (exact) mass is 350 g/mol. The minimum atomic E-state index is -0.442. The first-order valence-corrected chi connectivity index (χ1v) is 8.40. The number of nitrogens with zero attached hydrogens (tertiary/aromatic N) is 1. The van der Waals surface area contributed by atoms with E-state index in [2.05, 4.69) is 12.2 Å². The average Bonchev–Trinajstić information content (AvgIpc) is 2.67. The molecule has 2 rings (SSSR count). The van der Waals surface area contributed by atoms with Crippen molar-refractivity contribution in [2.75, 3.05) is 25.6 Å². The lowest BCUT2D eigenvalue weighted by molar-refractivity contribution is -0.112. The number of benzene rings is 2. The minimum absolute atomic E-state index is 0.0265. The second-order valence-electron chi connectivity index (χ2n) is 5.59. The molecule has 0 aliphatic heterocycles. The van der Waals surface area contributed by atoms with Crippen molar-refractivity contribution in [3.05, 3.63) is 65.2 Å². The lowest BCUT2D eigenvalue weighted by Crippen LogP contribution is -2.13. The lowest BCUT2D eigenvalue weighted by Gasteiger charge is -2.07. The van der Waals surface area contributed by atoms with Gasteiger partial charge in [-0.25, -0.2) is 0 Å². The van der Waals surface area contributed by atoms with Crippen LogP contribution in [0, 0.1) is 11.3 Å². The SMILES string of the molecule is CCc1ccc(NC(=O)/C(C#N)=C/c2cccc(OCCOC)c2)cc1. The fourth-order valence-electron chi connectivity index (χ4n) is 2.27. The number of rotatable bonds is 8. The zero-order valence-electron chi connectivity index (χ0n) is 15.0. The fraction of sp³-hybridized carbons (Fsp3) is 0.238. The van der Waals surface area contributed by atoms with Crippen LogP contribution in [0.1, 0.15) is 18.1 Å². The number of aryl methyl sites for hydroxylation is 1. The molecule has 5 nitrogen and oxygen atoms in total. The van der Waals surface area contributed by atoms with E-state index in [4.69, 9.17) is 9.47 Å². The quantitative estimate of drug-likeness (QED) is 0.446. The van der Waals surface area contributed by atoms with Gasteiger partial charge in [-0.3, -0.25) is 4.79 Å². The van der Waals surface area contributed by atoms with Crippen molar-refractivity contribution in [2.24, 2.45) is 0 Å². The Morgan fingerprint density at radius 1 is 1.19 bits per heavy atom. The van der Waals surface area contributed by atoms with Gasteiger partial charge in [0.05, 0.1) is 6.61 Å². The molecular weight excluding hydrogens is 328 g/mol. The molecule has 0 heterocycles. The van der Waals surface area contributed by atoms with E-state index in [1.165, 1.54) is 5.56 Å². The standard InChI is InChI=1S/C21H22N2O3/c1-3-16-7-9-19(10-8-16)23-21(24)18(15-22)13-17-5-4-6-20(14-17)26-12-11-25-2/h4-10,13-14H,3,11-12H2,1-2H3,(H,23,24)/b18-13+. The zero-order chi connectivity index (χ0) is 18.8. The van der Waals surface area contributed by atoms with Crippen molar-refractivity contribution in [1.82, 2.24) is 0 Å². The van der Waals surface area contributed by atoms with Crippen LogP contribution in [0.2, 0.25) is 0 Å². The van der Waals surface area contributed by atoms with E-state index >= 15 is 0 Å². The topological polar surface area (TPSA) is 71.4 Å². The van der Waals surface area contributed by atoms with E-state index in [9.17, 15) is 10.1 Å². The number of ether oxygens (including phenoxy) is 2. The highest BCUT2D eigenvalue weighted by Crippen LogP contribution is 2.17. The number of nitrogens with one attached hydrogen (secondary N) is 1. The van der Waals surface area contributed by atoms with E-state index in [0.717, 1.165) is 6.42 Å². The second kappa shape index (κ2) is 10.0. The number of hydrogen-bond donors (Lipinski definition) is 1. The number of hydrogen-bond acceptors (Lipinski definition) is 4. The maximum absolute atomic E-state index is 12.3. The van der Waals surface area contributed by atoms with Crippen molar-refractivity contribution in [2.45, 2.75) is 13.3 Å². The summed E-state index contributed by atoms with van der Waals surface area (Å²) in [4.78, 5) is 12.3. The molecule has 0 saturated heterocycles. The molecule has 0 saturated carbocycles. The summed E-state index contributed by atoms with van der Waals surface area (Å²) in [6.07, 6.45) is 2.47. The molecule has 0 bridgehead atoms. The van der Waals surface area contributed by atoms with Crippen LogP contribution in [0.3, 0.4) is 0 Å². The molecule has 0 radical (unpaired) electrons. The van der Waals surface area contributed by atoms with Crippen molar-refractivity contribution in [3.63, 3.8) is 0 Å². The molecule has 1 amide bonds. The predicted octanol–water partition coefficient (Wildman–Crippen LogP) is 3.82. The van der Waals surface area contributed by atoms with Gasteiger partial charge in [0.25, 0.3) is 5.91 Å². The Balaban J connectivity index is 2.09. The van der Waals surface area contributed by atoms with E-state index in [1.807, 2.05) is 48.5 Å². The molecule has 1 N–H and O–H groups in total. The Morgan fingerprint density at radius 2 is 1.96 bits per heavy atom. The number of carbonyl (C=O) groups excluding carboxylic acids is 1. The molecular formula is C21H22N2O3. The average molecular weight is 350 g/mol. The molecule has 2 aromatic rings. The van der Waals surface area contributed by atoms with E-state index in [-0.39, 0.29) is 5.57 Å². The Labute approximate surface area is 153 Å². The van der Waals surface area contributed by atoms with Gasteiger partial charge in [0.2, 0.25) is 0 Å². The second-order valence-corrected chi connectivity index (χ2v) is 5.59. The molecule has 0 spiro atoms. The van der Waals surface area contributed by atoms with E-state index < -0.39 is 5.91 Å². The highest BCUT2D eigenvalue weighted by molar-refractivity contribution is 6.09. The summed E-state index contributed by atoms with van der Waals surface area (Å²) in [7, 11) is 1.61. The normalized spacial score (nSPS) is 10.9. The summed E-state index contributed by atoms with van der Waals surface area (Å²) < 4.78 is 10.5. The third kappa shape index (κ3) is 5.76. The van der Waals surface area contributed by atoms with Crippen LogP contribution >= 0.6 is 0 Å². The van der Waals surface area contributed by atoms with Gasteiger partial charge in [0, 0.05) is 12.8 Å². The van der Waals surface area contributed by atoms with Gasteiger partial charge < -0.3 is 14.8 Å². The zero-order valence-corrected chi connectivity index (χ0v) is 15.0. The summed E-state index contributed by atoms with van der Waals surface area (Å²) >= 11 is 0. The molecule has 0 aliphatic rings. The van der Waals surface area contributed by atoms with Crippen LogP contribution in [-0.4, -0.2) is 26.2 Å². The molecule has 0 aliphatic carbocycles. The van der Waals surface area contributed by atoms with Gasteiger partial charge in [0.1, 0.15) is 24.0 Å². The minimum Gasteiger partial charge on any atom is -0.491 e. The van der Waals surface area contributed by atoms with E-state index in [0.29, 0.717) is 30.2 Å². The lowest BCUT2D eigenvalue weighted by atomic mass is 10.1. The maximum atomic E-state index is 12.3. The van der Waals surface area contributed by atoms with Gasteiger partial charge in [0.15, 0.2) is 0 Å². The molecule has 5 heteroatoms. The molecule has 0 atom stereocenters.